The second-order valence-electron chi connectivity index (χ2n) is 4.32. The molecule has 3 N–H and O–H groups in total. The van der Waals surface area contributed by atoms with E-state index in [-0.39, 0.29) is 18.4 Å². The highest BCUT2D eigenvalue weighted by molar-refractivity contribution is 7.99. The average Bonchev–Trinajstić information content (AvgIpc) is 2.47. The Labute approximate surface area is 122 Å². The Morgan fingerprint density at radius 2 is 2.30 bits per heavy atom. The van der Waals surface area contributed by atoms with Crippen LogP contribution in [0.15, 0.2) is 41.8 Å². The van der Waals surface area contributed by atoms with E-state index in [1.165, 1.54) is 0 Å². The standard InChI is InChI=1S/C14H17N3O2S/c1-2-7-20-12-6-4-3-5-10(12)17-14(19)11-8-16-13(18)9-15-11/h2-6,11,15H,1,7-9H2,(H,16,18)(H,17,19). The molecule has 5 nitrogen and oxygen atoms in total. The van der Waals surface area contributed by atoms with Gasteiger partial charge in [-0.25, -0.2) is 0 Å². The largest absolute Gasteiger partial charge is 0.353 e. The number of carbonyl (C=O) groups is 2. The van der Waals surface area contributed by atoms with E-state index in [0.29, 0.717) is 6.54 Å². The monoisotopic (exact) mass is 291 g/mol. The molecule has 1 aromatic carbocycles. The second kappa shape index (κ2) is 7.12. The molecule has 2 amide bonds. The molecule has 0 spiro atoms. The van der Waals surface area contributed by atoms with Gasteiger partial charge in [0.1, 0.15) is 6.04 Å². The maximum absolute atomic E-state index is 12.1. The summed E-state index contributed by atoms with van der Waals surface area (Å²) in [5.41, 5.74) is 0.781. The van der Waals surface area contributed by atoms with Crippen molar-refractivity contribution in [3.63, 3.8) is 0 Å². The molecule has 0 radical (unpaired) electrons. The van der Waals surface area contributed by atoms with E-state index in [1.807, 2.05) is 30.3 Å². The molecule has 20 heavy (non-hydrogen) atoms. The van der Waals surface area contributed by atoms with Crippen LogP contribution >= 0.6 is 11.8 Å². The molecule has 0 bridgehead atoms. The van der Waals surface area contributed by atoms with Gasteiger partial charge in [-0.05, 0) is 12.1 Å². The topological polar surface area (TPSA) is 70.2 Å². The summed E-state index contributed by atoms with van der Waals surface area (Å²) in [5.74, 6) is 0.553. The number of para-hydroxylation sites is 1. The van der Waals surface area contributed by atoms with Gasteiger partial charge in [-0.3, -0.25) is 14.9 Å². The molecular weight excluding hydrogens is 274 g/mol. The van der Waals surface area contributed by atoms with Crippen molar-refractivity contribution in [1.29, 1.82) is 0 Å². The fraction of sp³-hybridized carbons (Fsp3) is 0.286. The average molecular weight is 291 g/mol. The van der Waals surface area contributed by atoms with Gasteiger partial charge in [0.2, 0.25) is 11.8 Å². The lowest BCUT2D eigenvalue weighted by atomic mass is 10.2. The van der Waals surface area contributed by atoms with Crippen LogP contribution in [0.3, 0.4) is 0 Å². The van der Waals surface area contributed by atoms with Crippen LogP contribution in [-0.2, 0) is 9.59 Å². The van der Waals surface area contributed by atoms with Gasteiger partial charge >= 0.3 is 0 Å². The van der Waals surface area contributed by atoms with E-state index in [2.05, 4.69) is 22.5 Å². The lowest BCUT2D eigenvalue weighted by molar-refractivity contribution is -0.124. The van der Waals surface area contributed by atoms with Gasteiger partial charge in [-0.2, -0.15) is 0 Å². The normalized spacial score (nSPS) is 18.2. The Balaban J connectivity index is 2.00. The van der Waals surface area contributed by atoms with Crippen molar-refractivity contribution in [3.8, 4) is 0 Å². The first-order valence-corrected chi connectivity index (χ1v) is 7.33. The number of hydrogen-bond donors (Lipinski definition) is 3. The lowest BCUT2D eigenvalue weighted by Crippen LogP contribution is -2.56. The zero-order valence-electron chi connectivity index (χ0n) is 11.0. The summed E-state index contributed by atoms with van der Waals surface area (Å²) >= 11 is 1.61. The predicted molar refractivity (Wildman–Crippen MR) is 80.8 cm³/mol. The van der Waals surface area contributed by atoms with Gasteiger partial charge in [-0.15, -0.1) is 18.3 Å². The highest BCUT2D eigenvalue weighted by atomic mass is 32.2. The third-order valence-electron chi connectivity index (χ3n) is 2.83. The second-order valence-corrected chi connectivity index (χ2v) is 5.38. The lowest BCUT2D eigenvalue weighted by Gasteiger charge is -2.23. The first-order valence-electron chi connectivity index (χ1n) is 6.34. The van der Waals surface area contributed by atoms with E-state index >= 15 is 0 Å². The van der Waals surface area contributed by atoms with Gasteiger partial charge < -0.3 is 10.6 Å². The number of hydrogen-bond acceptors (Lipinski definition) is 4. The first kappa shape index (κ1) is 14.6. The van der Waals surface area contributed by atoms with E-state index in [1.54, 1.807) is 11.8 Å². The van der Waals surface area contributed by atoms with Gasteiger partial charge in [0.25, 0.3) is 0 Å². The molecule has 6 heteroatoms. The number of piperazine rings is 1. The van der Waals surface area contributed by atoms with Crippen LogP contribution in [0.25, 0.3) is 0 Å². The molecule has 1 unspecified atom stereocenters. The van der Waals surface area contributed by atoms with Crippen molar-refractivity contribution in [3.05, 3.63) is 36.9 Å². The molecule has 0 saturated carbocycles. The Kier molecular flexibility index (Phi) is 5.20. The number of anilines is 1. The molecule has 2 rings (SSSR count). The van der Waals surface area contributed by atoms with Gasteiger partial charge in [0.15, 0.2) is 0 Å². The summed E-state index contributed by atoms with van der Waals surface area (Å²) in [4.78, 5) is 24.2. The molecule has 1 aliphatic rings. The van der Waals surface area contributed by atoms with Crippen molar-refractivity contribution < 1.29 is 9.59 Å². The molecule has 0 aromatic heterocycles. The summed E-state index contributed by atoms with van der Waals surface area (Å²) in [6, 6.07) is 7.24. The van der Waals surface area contributed by atoms with Gasteiger partial charge in [0, 0.05) is 17.2 Å². The van der Waals surface area contributed by atoms with Crippen LogP contribution in [0, 0.1) is 0 Å². The molecule has 1 heterocycles. The zero-order valence-corrected chi connectivity index (χ0v) is 11.8. The van der Waals surface area contributed by atoms with Crippen LogP contribution in [0.2, 0.25) is 0 Å². The smallest absolute Gasteiger partial charge is 0.243 e. The number of thioether (sulfide) groups is 1. The molecule has 1 atom stereocenters. The Bertz CT molecular complexity index is 509. The van der Waals surface area contributed by atoms with Crippen LogP contribution < -0.4 is 16.0 Å². The van der Waals surface area contributed by atoms with Crippen molar-refractivity contribution in [1.82, 2.24) is 10.6 Å². The number of carbonyl (C=O) groups excluding carboxylic acids is 2. The number of nitrogens with one attached hydrogen (secondary N) is 3. The fourth-order valence-corrected chi connectivity index (χ4v) is 2.56. The van der Waals surface area contributed by atoms with Crippen molar-refractivity contribution in [2.75, 3.05) is 24.2 Å². The van der Waals surface area contributed by atoms with Crippen LogP contribution in [0.5, 0.6) is 0 Å². The molecule has 106 valence electrons. The van der Waals surface area contributed by atoms with E-state index in [4.69, 9.17) is 0 Å². The molecule has 1 fully saturated rings. The minimum atomic E-state index is -0.398. The Hall–Kier alpha value is -1.79. The van der Waals surface area contributed by atoms with E-state index in [9.17, 15) is 9.59 Å². The van der Waals surface area contributed by atoms with E-state index in [0.717, 1.165) is 16.3 Å². The van der Waals surface area contributed by atoms with E-state index < -0.39 is 6.04 Å². The van der Waals surface area contributed by atoms with Crippen LogP contribution in [0.1, 0.15) is 0 Å². The minimum absolute atomic E-state index is 0.0870. The summed E-state index contributed by atoms with van der Waals surface area (Å²) in [7, 11) is 0. The third kappa shape index (κ3) is 3.85. The third-order valence-corrected chi connectivity index (χ3v) is 3.90. The summed E-state index contributed by atoms with van der Waals surface area (Å²) in [6.07, 6.45) is 1.82. The van der Waals surface area contributed by atoms with Crippen LogP contribution in [0.4, 0.5) is 5.69 Å². The molecule has 1 aliphatic heterocycles. The summed E-state index contributed by atoms with van der Waals surface area (Å²) < 4.78 is 0. The Morgan fingerprint density at radius 1 is 1.50 bits per heavy atom. The summed E-state index contributed by atoms with van der Waals surface area (Å²) in [5, 5.41) is 8.47. The van der Waals surface area contributed by atoms with Crippen molar-refractivity contribution in [2.24, 2.45) is 0 Å². The summed E-state index contributed by atoms with van der Waals surface area (Å²) in [6.45, 7) is 4.17. The highest BCUT2D eigenvalue weighted by Crippen LogP contribution is 2.26. The SMILES string of the molecule is C=CCSc1ccccc1NC(=O)C1CNC(=O)CN1. The number of benzene rings is 1. The van der Waals surface area contributed by atoms with Crippen molar-refractivity contribution >= 4 is 29.3 Å². The maximum Gasteiger partial charge on any atom is 0.243 e. The fourth-order valence-electron chi connectivity index (χ4n) is 1.82. The molecular formula is C14H17N3O2S. The zero-order chi connectivity index (χ0) is 14.4. The quantitative estimate of drug-likeness (QED) is 0.559. The molecule has 1 aromatic rings. The molecule has 0 aliphatic carbocycles. The molecule has 1 saturated heterocycles. The number of rotatable bonds is 5. The van der Waals surface area contributed by atoms with Crippen molar-refractivity contribution in [2.45, 2.75) is 10.9 Å². The highest BCUT2D eigenvalue weighted by Gasteiger charge is 2.24. The number of amides is 2. The van der Waals surface area contributed by atoms with Crippen LogP contribution in [-0.4, -0.2) is 36.7 Å². The predicted octanol–water partition coefficient (Wildman–Crippen LogP) is 0.991. The maximum atomic E-state index is 12.1. The Morgan fingerprint density at radius 3 is 3.00 bits per heavy atom. The van der Waals surface area contributed by atoms with Gasteiger partial charge in [-0.1, -0.05) is 18.2 Å². The minimum Gasteiger partial charge on any atom is -0.353 e. The first-order chi connectivity index (χ1) is 9.70. The van der Waals surface area contributed by atoms with Gasteiger partial charge in [0.05, 0.1) is 12.2 Å².